The Hall–Kier alpha value is -2.56. The maximum absolute atomic E-state index is 13.2. The normalized spacial score (nSPS) is 19.6. The molecule has 0 bridgehead atoms. The summed E-state index contributed by atoms with van der Waals surface area (Å²) < 4.78 is 5.86. The number of rotatable bonds is 2. The molecule has 0 radical (unpaired) electrons. The molecule has 3 heterocycles. The molecule has 2 fully saturated rings. The van der Waals surface area contributed by atoms with Crippen LogP contribution >= 0.6 is 0 Å². The maximum Gasteiger partial charge on any atom is 0.257 e. The Bertz CT molecular complexity index is 848. The van der Waals surface area contributed by atoms with Crippen LogP contribution in [0.5, 0.6) is 0 Å². The fourth-order valence-corrected chi connectivity index (χ4v) is 4.47. The second-order valence-electron chi connectivity index (χ2n) is 8.01. The van der Waals surface area contributed by atoms with Gasteiger partial charge in [0.15, 0.2) is 0 Å². The maximum atomic E-state index is 13.2. The van der Waals surface area contributed by atoms with Gasteiger partial charge in [0.05, 0.1) is 5.56 Å². The van der Waals surface area contributed by atoms with Crippen LogP contribution in [-0.2, 0) is 4.79 Å². The van der Waals surface area contributed by atoms with E-state index in [2.05, 4.69) is 0 Å². The number of carbonyl (C=O) groups excluding carboxylic acids is 2. The molecule has 1 spiro atoms. The van der Waals surface area contributed by atoms with Crippen molar-refractivity contribution in [3.8, 4) is 11.3 Å². The van der Waals surface area contributed by atoms with Crippen LogP contribution in [0, 0.1) is 12.3 Å². The lowest BCUT2D eigenvalue weighted by Crippen LogP contribution is -2.51. The lowest BCUT2D eigenvalue weighted by atomic mass is 9.72. The highest BCUT2D eigenvalue weighted by Crippen LogP contribution is 2.40. The minimum Gasteiger partial charge on any atom is -0.461 e. The SMILES string of the molecule is Cc1cc(C(=O)N2CCC3(CCC(=O)N(C)C3)CC2)c(-c2ccccc2)o1. The molecule has 4 rings (SSSR count). The molecule has 2 amide bonds. The van der Waals surface area contributed by atoms with E-state index < -0.39 is 0 Å². The first-order valence-electron chi connectivity index (χ1n) is 9.67. The number of carbonyl (C=O) groups is 2. The first-order chi connectivity index (χ1) is 13.0. The summed E-state index contributed by atoms with van der Waals surface area (Å²) in [5.41, 5.74) is 1.74. The van der Waals surface area contributed by atoms with Gasteiger partial charge >= 0.3 is 0 Å². The first-order valence-corrected chi connectivity index (χ1v) is 9.67. The number of piperidine rings is 2. The standard InChI is InChI=1S/C22H26N2O3/c1-16-14-18(20(27-16)17-6-4-3-5-7-17)21(26)24-12-10-22(11-13-24)9-8-19(25)23(2)15-22/h3-7,14H,8-13,15H2,1-2H3. The molecule has 0 atom stereocenters. The summed E-state index contributed by atoms with van der Waals surface area (Å²) in [5.74, 6) is 1.68. The number of furan rings is 1. The molecular weight excluding hydrogens is 340 g/mol. The molecule has 2 aliphatic heterocycles. The second-order valence-corrected chi connectivity index (χ2v) is 8.01. The van der Waals surface area contributed by atoms with Crippen molar-refractivity contribution in [3.63, 3.8) is 0 Å². The van der Waals surface area contributed by atoms with E-state index in [9.17, 15) is 9.59 Å². The summed E-state index contributed by atoms with van der Waals surface area (Å²) in [5, 5.41) is 0. The summed E-state index contributed by atoms with van der Waals surface area (Å²) in [7, 11) is 1.89. The monoisotopic (exact) mass is 366 g/mol. The molecule has 2 saturated heterocycles. The minimum absolute atomic E-state index is 0.0424. The molecule has 0 N–H and O–H groups in total. The van der Waals surface area contributed by atoms with Gasteiger partial charge in [-0.05, 0) is 37.7 Å². The van der Waals surface area contributed by atoms with Crippen LogP contribution in [0.4, 0.5) is 0 Å². The van der Waals surface area contributed by atoms with Gasteiger partial charge in [-0.3, -0.25) is 9.59 Å². The molecule has 0 aliphatic carbocycles. The Morgan fingerprint density at radius 2 is 1.81 bits per heavy atom. The molecule has 142 valence electrons. The number of amides is 2. The van der Waals surface area contributed by atoms with Crippen LogP contribution in [-0.4, -0.2) is 48.3 Å². The third-order valence-electron chi connectivity index (χ3n) is 6.10. The van der Waals surface area contributed by atoms with E-state index in [4.69, 9.17) is 4.42 Å². The summed E-state index contributed by atoms with van der Waals surface area (Å²) in [4.78, 5) is 28.8. The zero-order valence-electron chi connectivity index (χ0n) is 16.0. The van der Waals surface area contributed by atoms with Crippen LogP contribution in [0.25, 0.3) is 11.3 Å². The molecule has 0 saturated carbocycles. The molecule has 2 aliphatic rings. The number of likely N-dealkylation sites (tertiary alicyclic amines) is 2. The Kier molecular flexibility index (Phi) is 4.54. The van der Waals surface area contributed by atoms with Crippen LogP contribution in [0.1, 0.15) is 41.8 Å². The quantitative estimate of drug-likeness (QED) is 0.814. The van der Waals surface area contributed by atoms with Gasteiger partial charge < -0.3 is 14.2 Å². The predicted octanol–water partition coefficient (Wildman–Crippen LogP) is 3.73. The zero-order valence-corrected chi connectivity index (χ0v) is 16.0. The van der Waals surface area contributed by atoms with Gasteiger partial charge in [0.2, 0.25) is 5.91 Å². The Balaban J connectivity index is 1.50. The van der Waals surface area contributed by atoms with Crippen molar-refractivity contribution >= 4 is 11.8 Å². The third kappa shape index (κ3) is 3.38. The van der Waals surface area contributed by atoms with Crippen LogP contribution in [0.2, 0.25) is 0 Å². The van der Waals surface area contributed by atoms with Crippen molar-refractivity contribution in [2.75, 3.05) is 26.7 Å². The first kappa shape index (κ1) is 17.8. The van der Waals surface area contributed by atoms with Gasteiger partial charge in [0, 0.05) is 38.7 Å². The van der Waals surface area contributed by atoms with Crippen molar-refractivity contribution in [3.05, 3.63) is 47.7 Å². The fourth-order valence-electron chi connectivity index (χ4n) is 4.47. The highest BCUT2D eigenvalue weighted by Gasteiger charge is 2.41. The van der Waals surface area contributed by atoms with Gasteiger partial charge in [0.1, 0.15) is 11.5 Å². The van der Waals surface area contributed by atoms with Crippen molar-refractivity contribution in [1.29, 1.82) is 0 Å². The lowest BCUT2D eigenvalue weighted by Gasteiger charge is -2.46. The number of hydrogen-bond donors (Lipinski definition) is 0. The van der Waals surface area contributed by atoms with Gasteiger partial charge in [-0.15, -0.1) is 0 Å². The highest BCUT2D eigenvalue weighted by atomic mass is 16.3. The van der Waals surface area contributed by atoms with E-state index in [1.54, 1.807) is 0 Å². The van der Waals surface area contributed by atoms with E-state index >= 15 is 0 Å². The van der Waals surface area contributed by atoms with E-state index in [1.807, 2.05) is 60.2 Å². The van der Waals surface area contributed by atoms with E-state index in [0.717, 1.165) is 50.2 Å². The predicted molar refractivity (Wildman–Crippen MR) is 103 cm³/mol. The summed E-state index contributed by atoms with van der Waals surface area (Å²) in [6.07, 6.45) is 3.48. The summed E-state index contributed by atoms with van der Waals surface area (Å²) in [6.45, 7) is 4.16. The van der Waals surface area contributed by atoms with E-state index in [0.29, 0.717) is 17.7 Å². The van der Waals surface area contributed by atoms with Crippen LogP contribution < -0.4 is 0 Å². The van der Waals surface area contributed by atoms with Crippen LogP contribution in [0.3, 0.4) is 0 Å². The third-order valence-corrected chi connectivity index (χ3v) is 6.10. The largest absolute Gasteiger partial charge is 0.461 e. The Morgan fingerprint density at radius 3 is 2.48 bits per heavy atom. The minimum atomic E-state index is 0.0424. The fraction of sp³-hybridized carbons (Fsp3) is 0.455. The van der Waals surface area contributed by atoms with Gasteiger partial charge in [-0.25, -0.2) is 0 Å². The lowest BCUT2D eigenvalue weighted by molar-refractivity contribution is -0.137. The molecule has 0 unspecified atom stereocenters. The number of hydrogen-bond acceptors (Lipinski definition) is 3. The second kappa shape index (κ2) is 6.87. The summed E-state index contributed by atoms with van der Waals surface area (Å²) in [6, 6.07) is 11.6. The molecule has 27 heavy (non-hydrogen) atoms. The van der Waals surface area contributed by atoms with Crippen LogP contribution in [0.15, 0.2) is 40.8 Å². The smallest absolute Gasteiger partial charge is 0.257 e. The van der Waals surface area contributed by atoms with E-state index in [1.165, 1.54) is 0 Å². The number of benzene rings is 1. The number of nitrogens with zero attached hydrogens (tertiary/aromatic N) is 2. The zero-order chi connectivity index (χ0) is 19.0. The van der Waals surface area contributed by atoms with Gasteiger partial charge in [-0.1, -0.05) is 30.3 Å². The number of aryl methyl sites for hydroxylation is 1. The molecule has 1 aromatic heterocycles. The average Bonchev–Trinajstić information content (AvgIpc) is 3.08. The highest BCUT2D eigenvalue weighted by molar-refractivity contribution is 6.00. The van der Waals surface area contributed by atoms with Crippen molar-refractivity contribution in [2.45, 2.75) is 32.6 Å². The van der Waals surface area contributed by atoms with Crippen molar-refractivity contribution in [1.82, 2.24) is 9.80 Å². The topological polar surface area (TPSA) is 53.8 Å². The molecular formula is C22H26N2O3. The van der Waals surface area contributed by atoms with Gasteiger partial charge in [0.25, 0.3) is 5.91 Å². The summed E-state index contributed by atoms with van der Waals surface area (Å²) >= 11 is 0. The van der Waals surface area contributed by atoms with Gasteiger partial charge in [-0.2, -0.15) is 0 Å². The molecule has 1 aromatic carbocycles. The van der Waals surface area contributed by atoms with Crippen molar-refractivity contribution < 1.29 is 14.0 Å². The molecule has 2 aromatic rings. The van der Waals surface area contributed by atoms with E-state index in [-0.39, 0.29) is 17.2 Å². The Labute approximate surface area is 159 Å². The molecule has 5 nitrogen and oxygen atoms in total. The average molecular weight is 366 g/mol. The molecule has 5 heteroatoms. The Morgan fingerprint density at radius 1 is 1.11 bits per heavy atom. The van der Waals surface area contributed by atoms with Crippen molar-refractivity contribution in [2.24, 2.45) is 5.41 Å².